The molecule has 0 saturated heterocycles. The van der Waals surface area contributed by atoms with Gasteiger partial charge in [0, 0.05) is 0 Å². The van der Waals surface area contributed by atoms with E-state index in [-0.39, 0.29) is 17.3 Å². The molecule has 4 nitrogen and oxygen atoms in total. The molecule has 1 aliphatic heterocycles. The third kappa shape index (κ3) is 1.53. The minimum absolute atomic E-state index is 0.0781. The van der Waals surface area contributed by atoms with Crippen LogP contribution in [0.3, 0.4) is 0 Å². The van der Waals surface area contributed by atoms with Crippen molar-refractivity contribution in [1.82, 2.24) is 0 Å². The van der Waals surface area contributed by atoms with Crippen molar-refractivity contribution in [3.05, 3.63) is 10.2 Å². The number of hydrogen-bond acceptors (Lipinski definition) is 4. The van der Waals surface area contributed by atoms with Crippen LogP contribution in [-0.4, -0.2) is 36.8 Å². The van der Waals surface area contributed by atoms with Crippen molar-refractivity contribution in [2.75, 3.05) is 0 Å². The van der Waals surface area contributed by atoms with Gasteiger partial charge < -0.3 is 0 Å². The van der Waals surface area contributed by atoms with E-state index in [0.29, 0.717) is 42.3 Å². The second-order valence-corrected chi connectivity index (χ2v) is 7.04. The van der Waals surface area contributed by atoms with Gasteiger partial charge in [-0.2, -0.15) is 0 Å². The normalized spacial score (nSPS) is 27.4. The van der Waals surface area contributed by atoms with Crippen LogP contribution >= 0.6 is 0 Å². The van der Waals surface area contributed by atoms with Gasteiger partial charge in [0.15, 0.2) is 0 Å². The Kier molecular flexibility index (Phi) is 2.49. The molecule has 90 valence electrons. The maximum atomic E-state index is 12.0. The van der Waals surface area contributed by atoms with E-state index in [1.54, 1.807) is 0 Å². The van der Waals surface area contributed by atoms with Crippen molar-refractivity contribution >= 4 is 32.3 Å². The monoisotopic (exact) mass is 300 g/mol. The van der Waals surface area contributed by atoms with Crippen molar-refractivity contribution in [2.45, 2.75) is 43.0 Å². The van der Waals surface area contributed by atoms with Gasteiger partial charge in [-0.25, -0.2) is 0 Å². The zero-order valence-electron chi connectivity index (χ0n) is 9.28. The first-order valence-corrected chi connectivity index (χ1v) is 7.56. The summed E-state index contributed by atoms with van der Waals surface area (Å²) in [4.78, 5) is 35.8. The summed E-state index contributed by atoms with van der Waals surface area (Å²) in [5.74, 6) is 0.478. The molecule has 0 unspecified atom stereocenters. The number of allylic oxidation sites excluding steroid dienone is 2. The Morgan fingerprint density at radius 1 is 0.941 bits per heavy atom. The minimum atomic E-state index is -1.25. The molecule has 1 saturated carbocycles. The van der Waals surface area contributed by atoms with Crippen LogP contribution in [0, 0.1) is 0 Å². The van der Waals surface area contributed by atoms with Gasteiger partial charge in [0.2, 0.25) is 0 Å². The van der Waals surface area contributed by atoms with E-state index in [1.807, 2.05) is 0 Å². The average molecular weight is 299 g/mol. The molecule has 0 amide bonds. The molecule has 3 aliphatic rings. The summed E-state index contributed by atoms with van der Waals surface area (Å²) in [7, 11) is 0. The van der Waals surface area contributed by atoms with Crippen LogP contribution in [0.25, 0.3) is 0 Å². The van der Waals surface area contributed by atoms with E-state index in [2.05, 4.69) is 0 Å². The summed E-state index contributed by atoms with van der Waals surface area (Å²) in [6.45, 7) is 0. The summed E-state index contributed by atoms with van der Waals surface area (Å²) >= 11 is -0.450. The van der Waals surface area contributed by atoms with Gasteiger partial charge in [-0.3, -0.25) is 0 Å². The van der Waals surface area contributed by atoms with Crippen molar-refractivity contribution in [1.29, 1.82) is 0 Å². The van der Waals surface area contributed by atoms with Crippen LogP contribution in [0.15, 0.2) is 10.2 Å². The molecule has 0 aromatic heterocycles. The fourth-order valence-electron chi connectivity index (χ4n) is 2.46. The molecule has 1 heterocycles. The first-order chi connectivity index (χ1) is 8.13. The van der Waals surface area contributed by atoms with Gasteiger partial charge in [-0.1, -0.05) is 0 Å². The number of rotatable bonds is 0. The van der Waals surface area contributed by atoms with E-state index >= 15 is 0 Å². The van der Waals surface area contributed by atoms with Crippen LogP contribution in [0.2, 0.25) is 0 Å². The first-order valence-electron chi connectivity index (χ1n) is 5.84. The Hall–Kier alpha value is -0.931. The first kappa shape index (κ1) is 11.2. The number of carbonyl (C=O) groups excluding carboxylic acids is 3. The van der Waals surface area contributed by atoms with Gasteiger partial charge in [0.25, 0.3) is 0 Å². The van der Waals surface area contributed by atoms with E-state index in [9.17, 15) is 14.4 Å². The van der Waals surface area contributed by atoms with Crippen LogP contribution in [-0.2, 0) is 19.1 Å². The number of carbonyl (C=O) groups is 3. The molecular formula is C12H12O4Se. The van der Waals surface area contributed by atoms with Crippen LogP contribution < -0.4 is 0 Å². The van der Waals surface area contributed by atoms with E-state index in [0.717, 1.165) is 6.42 Å². The van der Waals surface area contributed by atoms with Gasteiger partial charge in [-0.15, -0.1) is 0 Å². The predicted octanol–water partition coefficient (Wildman–Crippen LogP) is 0.704. The molecule has 1 spiro atoms. The second kappa shape index (κ2) is 3.79. The zero-order chi connectivity index (χ0) is 12.0. The SMILES string of the molecule is O=C1CCCC2=C1[Se]C1(O2)C(=O)CCCC1=O. The number of Topliss-reactive ketones (excluding diaryl/α,β-unsaturated/α-hetero) is 3. The van der Waals surface area contributed by atoms with Gasteiger partial charge in [0.1, 0.15) is 0 Å². The molecule has 0 aromatic carbocycles. The fraction of sp³-hybridized carbons (Fsp3) is 0.583. The Labute approximate surface area is 105 Å². The number of hydrogen-bond donors (Lipinski definition) is 0. The van der Waals surface area contributed by atoms with Gasteiger partial charge >= 0.3 is 105 Å². The van der Waals surface area contributed by atoms with Crippen molar-refractivity contribution < 1.29 is 19.1 Å². The molecule has 0 radical (unpaired) electrons. The molecule has 0 atom stereocenters. The fourth-order valence-corrected chi connectivity index (χ4v) is 5.26. The Bertz CT molecular complexity index is 447. The quantitative estimate of drug-likeness (QED) is 0.488. The standard InChI is InChI=1S/C12H12O4Se/c13-7-3-1-4-8-11(7)17-12(16-8)9(14)5-2-6-10(12)15/h1-6H2. The third-order valence-electron chi connectivity index (χ3n) is 3.37. The van der Waals surface area contributed by atoms with E-state index < -0.39 is 19.5 Å². The Morgan fingerprint density at radius 2 is 1.59 bits per heavy atom. The summed E-state index contributed by atoms with van der Waals surface area (Å²) in [6, 6.07) is 0. The maximum absolute atomic E-state index is 12.0. The Balaban J connectivity index is 1.96. The molecule has 0 aromatic rings. The van der Waals surface area contributed by atoms with Crippen LogP contribution in [0.5, 0.6) is 0 Å². The van der Waals surface area contributed by atoms with Crippen LogP contribution in [0.1, 0.15) is 38.5 Å². The molecule has 5 heteroatoms. The van der Waals surface area contributed by atoms with Crippen molar-refractivity contribution in [3.8, 4) is 0 Å². The summed E-state index contributed by atoms with van der Waals surface area (Å²) < 4.78 is 5.08. The average Bonchev–Trinajstić information content (AvgIpc) is 2.69. The molecule has 1 fully saturated rings. The summed E-state index contributed by atoms with van der Waals surface area (Å²) in [6.07, 6.45) is 3.43. The van der Waals surface area contributed by atoms with E-state index in [4.69, 9.17) is 4.74 Å². The predicted molar refractivity (Wildman–Crippen MR) is 59.3 cm³/mol. The van der Waals surface area contributed by atoms with Crippen LogP contribution in [0.4, 0.5) is 0 Å². The van der Waals surface area contributed by atoms with Crippen molar-refractivity contribution in [3.63, 3.8) is 0 Å². The molecule has 0 N–H and O–H groups in total. The van der Waals surface area contributed by atoms with Crippen molar-refractivity contribution in [2.24, 2.45) is 0 Å². The molecular weight excluding hydrogens is 287 g/mol. The summed E-state index contributed by atoms with van der Waals surface area (Å²) in [5.41, 5.74) is 0. The number of ketones is 3. The second-order valence-electron chi connectivity index (χ2n) is 4.55. The number of ether oxygens (including phenoxy) is 1. The van der Waals surface area contributed by atoms with E-state index in [1.165, 1.54) is 0 Å². The third-order valence-corrected chi connectivity index (χ3v) is 6.49. The molecule has 2 aliphatic carbocycles. The summed E-state index contributed by atoms with van der Waals surface area (Å²) in [5, 5.41) is 0. The zero-order valence-corrected chi connectivity index (χ0v) is 11.0. The van der Waals surface area contributed by atoms with Gasteiger partial charge in [-0.05, 0) is 0 Å². The molecule has 17 heavy (non-hydrogen) atoms. The molecule has 0 bridgehead atoms. The topological polar surface area (TPSA) is 60.4 Å². The molecule has 3 rings (SSSR count). The van der Waals surface area contributed by atoms with Gasteiger partial charge in [0.05, 0.1) is 0 Å². The Morgan fingerprint density at radius 3 is 2.24 bits per heavy atom.